The molecule has 3 nitrogen and oxygen atoms in total. The van der Waals surface area contributed by atoms with Crippen LogP contribution in [-0.4, -0.2) is 9.97 Å². The predicted molar refractivity (Wildman–Crippen MR) is 173 cm³/mol. The van der Waals surface area contributed by atoms with Crippen LogP contribution in [0.3, 0.4) is 0 Å². The Hall–Kier alpha value is -5.28. The quantitative estimate of drug-likeness (QED) is 0.220. The molecule has 1 aliphatic rings. The fraction of sp³-hybridized carbons (Fsp3) is 0.0769. The van der Waals surface area contributed by atoms with E-state index in [1.54, 1.807) is 0 Å². The van der Waals surface area contributed by atoms with Crippen molar-refractivity contribution in [1.82, 2.24) is 9.97 Å². The SMILES string of the molecule is CC1(C)c2ccccc2-c2cc3c(cc21)oc1cc(-c2nc(-c4ccc5ccccc5c4)c4ccccc4n2)ccc13. The van der Waals surface area contributed by atoms with Crippen LogP contribution < -0.4 is 0 Å². The third-order valence-electron chi connectivity index (χ3n) is 9.06. The number of fused-ring (bicyclic) bond motifs is 8. The second-order valence-electron chi connectivity index (χ2n) is 11.9. The highest BCUT2D eigenvalue weighted by molar-refractivity contribution is 6.08. The van der Waals surface area contributed by atoms with Crippen LogP contribution in [-0.2, 0) is 5.41 Å². The molecule has 0 radical (unpaired) electrons. The molecule has 198 valence electrons. The summed E-state index contributed by atoms with van der Waals surface area (Å²) in [4.78, 5) is 10.1. The number of para-hydroxylation sites is 1. The van der Waals surface area contributed by atoms with Crippen LogP contribution in [0, 0.1) is 0 Å². The van der Waals surface area contributed by atoms with Gasteiger partial charge < -0.3 is 4.42 Å². The van der Waals surface area contributed by atoms with Crippen molar-refractivity contribution < 1.29 is 4.42 Å². The van der Waals surface area contributed by atoms with Gasteiger partial charge in [0.05, 0.1) is 11.2 Å². The Morgan fingerprint density at radius 2 is 1.29 bits per heavy atom. The first kappa shape index (κ1) is 23.4. The Bertz CT molecular complexity index is 2400. The lowest BCUT2D eigenvalue weighted by atomic mass is 9.82. The highest BCUT2D eigenvalue weighted by atomic mass is 16.3. The van der Waals surface area contributed by atoms with Crippen molar-refractivity contribution in [3.05, 3.63) is 132 Å². The van der Waals surface area contributed by atoms with Gasteiger partial charge in [-0.2, -0.15) is 0 Å². The summed E-state index contributed by atoms with van der Waals surface area (Å²) in [6.07, 6.45) is 0. The molecule has 3 heteroatoms. The van der Waals surface area contributed by atoms with Gasteiger partial charge in [-0.05, 0) is 69.4 Å². The summed E-state index contributed by atoms with van der Waals surface area (Å²) in [5.41, 5.74) is 10.9. The summed E-state index contributed by atoms with van der Waals surface area (Å²) < 4.78 is 6.53. The van der Waals surface area contributed by atoms with E-state index in [1.807, 2.05) is 12.1 Å². The van der Waals surface area contributed by atoms with E-state index in [4.69, 9.17) is 14.4 Å². The number of aromatic nitrogens is 2. The Morgan fingerprint density at radius 3 is 2.21 bits per heavy atom. The van der Waals surface area contributed by atoms with E-state index in [0.29, 0.717) is 5.82 Å². The minimum absolute atomic E-state index is 0.0671. The minimum Gasteiger partial charge on any atom is -0.456 e. The summed E-state index contributed by atoms with van der Waals surface area (Å²) in [7, 11) is 0. The summed E-state index contributed by atoms with van der Waals surface area (Å²) >= 11 is 0. The van der Waals surface area contributed by atoms with Crippen LogP contribution in [0.1, 0.15) is 25.0 Å². The average molecular weight is 539 g/mol. The molecule has 0 unspecified atom stereocenters. The van der Waals surface area contributed by atoms with E-state index in [9.17, 15) is 0 Å². The number of nitrogens with zero attached hydrogens (tertiary/aromatic N) is 2. The first-order chi connectivity index (χ1) is 20.5. The Kier molecular flexibility index (Phi) is 4.67. The van der Waals surface area contributed by atoms with Crippen molar-refractivity contribution in [1.29, 1.82) is 0 Å². The molecule has 0 spiro atoms. The van der Waals surface area contributed by atoms with Gasteiger partial charge >= 0.3 is 0 Å². The van der Waals surface area contributed by atoms with Gasteiger partial charge in [0, 0.05) is 32.7 Å². The van der Waals surface area contributed by atoms with E-state index in [2.05, 4.69) is 123 Å². The van der Waals surface area contributed by atoms with Gasteiger partial charge in [0.15, 0.2) is 5.82 Å². The van der Waals surface area contributed by atoms with Crippen molar-refractivity contribution in [2.75, 3.05) is 0 Å². The fourth-order valence-corrected chi connectivity index (χ4v) is 6.87. The van der Waals surface area contributed by atoms with Crippen molar-refractivity contribution in [2.45, 2.75) is 19.3 Å². The molecule has 0 bridgehead atoms. The Labute approximate surface area is 243 Å². The minimum atomic E-state index is -0.0671. The van der Waals surface area contributed by atoms with Crippen LogP contribution in [0.5, 0.6) is 0 Å². The molecule has 1 aliphatic carbocycles. The highest BCUT2D eigenvalue weighted by Crippen LogP contribution is 2.50. The van der Waals surface area contributed by atoms with Gasteiger partial charge in [-0.3, -0.25) is 0 Å². The van der Waals surface area contributed by atoms with Gasteiger partial charge in [-0.15, -0.1) is 0 Å². The second kappa shape index (κ2) is 8.37. The highest BCUT2D eigenvalue weighted by Gasteiger charge is 2.36. The van der Waals surface area contributed by atoms with E-state index in [0.717, 1.165) is 49.7 Å². The molecule has 0 saturated carbocycles. The maximum absolute atomic E-state index is 6.53. The molecule has 0 aliphatic heterocycles. The third kappa shape index (κ3) is 3.28. The smallest absolute Gasteiger partial charge is 0.160 e. The lowest BCUT2D eigenvalue weighted by Crippen LogP contribution is -2.14. The number of hydrogen-bond acceptors (Lipinski definition) is 3. The maximum Gasteiger partial charge on any atom is 0.160 e. The molecular weight excluding hydrogens is 512 g/mol. The first-order valence-corrected chi connectivity index (χ1v) is 14.4. The van der Waals surface area contributed by atoms with Gasteiger partial charge in [0.2, 0.25) is 0 Å². The number of benzene rings is 6. The Morgan fingerprint density at radius 1 is 0.524 bits per heavy atom. The zero-order valence-corrected chi connectivity index (χ0v) is 23.3. The molecular formula is C39H26N2O. The van der Waals surface area contributed by atoms with Crippen molar-refractivity contribution in [3.8, 4) is 33.8 Å². The van der Waals surface area contributed by atoms with Crippen molar-refractivity contribution >= 4 is 43.6 Å². The van der Waals surface area contributed by atoms with Crippen LogP contribution in [0.15, 0.2) is 126 Å². The second-order valence-corrected chi connectivity index (χ2v) is 11.9. The fourth-order valence-electron chi connectivity index (χ4n) is 6.87. The molecule has 2 heterocycles. The van der Waals surface area contributed by atoms with Gasteiger partial charge in [0.1, 0.15) is 11.2 Å². The summed E-state index contributed by atoms with van der Waals surface area (Å²) in [5, 5.41) is 5.70. The summed E-state index contributed by atoms with van der Waals surface area (Å²) in [6.45, 7) is 4.60. The van der Waals surface area contributed by atoms with Crippen LogP contribution in [0.25, 0.3) is 77.4 Å². The summed E-state index contributed by atoms with van der Waals surface area (Å²) in [5.74, 6) is 0.691. The molecule has 6 aromatic carbocycles. The van der Waals surface area contributed by atoms with Crippen molar-refractivity contribution in [2.24, 2.45) is 0 Å². The standard InChI is InChI=1S/C39H26N2O/c1-39(2)32-13-7-5-11-27(32)30-21-31-28-18-17-26(20-35(28)42-36(31)22-33(30)39)38-40-34-14-8-6-12-29(34)37(41-38)25-16-15-23-9-3-4-10-24(23)19-25/h3-22H,1-2H3. The molecule has 0 saturated heterocycles. The lowest BCUT2D eigenvalue weighted by molar-refractivity contribution is 0.647. The Balaban J connectivity index is 1.22. The zero-order valence-electron chi connectivity index (χ0n) is 23.3. The molecule has 0 atom stereocenters. The van der Waals surface area contributed by atoms with Crippen molar-refractivity contribution in [3.63, 3.8) is 0 Å². The molecule has 0 fully saturated rings. The number of hydrogen-bond donors (Lipinski definition) is 0. The van der Waals surface area contributed by atoms with Crippen LogP contribution >= 0.6 is 0 Å². The van der Waals surface area contributed by atoms with Gasteiger partial charge in [-0.25, -0.2) is 9.97 Å². The number of furan rings is 1. The zero-order chi connectivity index (χ0) is 28.0. The summed E-state index contributed by atoms with van der Waals surface area (Å²) in [6, 6.07) is 42.9. The molecule has 9 rings (SSSR count). The third-order valence-corrected chi connectivity index (χ3v) is 9.06. The number of rotatable bonds is 2. The normalized spacial score (nSPS) is 13.7. The molecule has 8 aromatic rings. The van der Waals surface area contributed by atoms with E-state index >= 15 is 0 Å². The van der Waals surface area contributed by atoms with Crippen LogP contribution in [0.4, 0.5) is 0 Å². The van der Waals surface area contributed by atoms with Gasteiger partial charge in [0.25, 0.3) is 0 Å². The van der Waals surface area contributed by atoms with Gasteiger partial charge in [-0.1, -0.05) is 98.8 Å². The topological polar surface area (TPSA) is 38.9 Å². The predicted octanol–water partition coefficient (Wildman–Crippen LogP) is 10.3. The first-order valence-electron chi connectivity index (χ1n) is 14.4. The van der Waals surface area contributed by atoms with E-state index in [-0.39, 0.29) is 5.41 Å². The molecule has 2 aromatic heterocycles. The lowest BCUT2D eigenvalue weighted by Gasteiger charge is -2.21. The molecule has 0 amide bonds. The molecule has 0 N–H and O–H groups in total. The largest absolute Gasteiger partial charge is 0.456 e. The van der Waals surface area contributed by atoms with E-state index < -0.39 is 0 Å². The molecule has 42 heavy (non-hydrogen) atoms. The van der Waals surface area contributed by atoms with Crippen LogP contribution in [0.2, 0.25) is 0 Å². The average Bonchev–Trinajstić information content (AvgIpc) is 3.50. The maximum atomic E-state index is 6.53. The monoisotopic (exact) mass is 538 g/mol. The van der Waals surface area contributed by atoms with E-state index in [1.165, 1.54) is 33.0 Å².